The summed E-state index contributed by atoms with van der Waals surface area (Å²) in [5, 5.41) is 7.18. The highest BCUT2D eigenvalue weighted by atomic mass is 15.2. The van der Waals surface area contributed by atoms with Crippen LogP contribution < -0.4 is 0 Å². The van der Waals surface area contributed by atoms with E-state index in [0.717, 1.165) is 13.0 Å². The van der Waals surface area contributed by atoms with Gasteiger partial charge in [-0.15, -0.1) is 0 Å². The van der Waals surface area contributed by atoms with Gasteiger partial charge < -0.3 is 0 Å². The topological polar surface area (TPSA) is 31.9 Å². The number of hydrogen-bond acceptors (Lipinski definition) is 2. The number of hydrogen-bond donors (Lipinski definition) is 1. The van der Waals surface area contributed by atoms with Gasteiger partial charge in [-0.1, -0.05) is 11.6 Å². The second-order valence-electron chi connectivity index (χ2n) is 4.59. The zero-order valence-electron chi connectivity index (χ0n) is 9.00. The Bertz CT molecular complexity index is 378. The maximum Gasteiger partial charge on any atom is 0.0535 e. The van der Waals surface area contributed by atoms with Crippen LogP contribution in [0.1, 0.15) is 30.5 Å². The van der Waals surface area contributed by atoms with Crippen molar-refractivity contribution < 1.29 is 0 Å². The van der Waals surface area contributed by atoms with Crippen molar-refractivity contribution >= 4 is 0 Å². The van der Waals surface area contributed by atoms with E-state index in [1.165, 1.54) is 43.6 Å². The molecule has 0 radical (unpaired) electrons. The quantitative estimate of drug-likeness (QED) is 0.744. The third-order valence-corrected chi connectivity index (χ3v) is 3.44. The summed E-state index contributed by atoms with van der Waals surface area (Å²) >= 11 is 0. The van der Waals surface area contributed by atoms with Gasteiger partial charge in [0, 0.05) is 37.3 Å². The van der Waals surface area contributed by atoms with Gasteiger partial charge in [-0.05, 0) is 19.3 Å². The molecule has 0 saturated carbocycles. The molecular weight excluding hydrogens is 186 g/mol. The highest BCUT2D eigenvalue weighted by Crippen LogP contribution is 2.22. The van der Waals surface area contributed by atoms with Crippen LogP contribution in [0.3, 0.4) is 0 Å². The minimum absolute atomic E-state index is 1.07. The number of rotatable bonds is 2. The van der Waals surface area contributed by atoms with Crippen molar-refractivity contribution in [3.63, 3.8) is 0 Å². The van der Waals surface area contributed by atoms with Gasteiger partial charge in [-0.3, -0.25) is 10.00 Å². The predicted molar refractivity (Wildman–Crippen MR) is 59.5 cm³/mol. The van der Waals surface area contributed by atoms with Crippen molar-refractivity contribution in [1.29, 1.82) is 0 Å². The molecule has 1 aromatic rings. The first-order chi connectivity index (χ1) is 7.42. The molecule has 0 amide bonds. The average molecular weight is 203 g/mol. The number of nitrogens with zero attached hydrogens (tertiary/aromatic N) is 2. The highest BCUT2D eigenvalue weighted by Gasteiger charge is 2.18. The van der Waals surface area contributed by atoms with Gasteiger partial charge in [0.15, 0.2) is 0 Å². The minimum Gasteiger partial charge on any atom is -0.295 e. The predicted octanol–water partition coefficient (Wildman–Crippen LogP) is 1.88. The van der Waals surface area contributed by atoms with Crippen LogP contribution >= 0.6 is 0 Å². The molecule has 1 aliphatic heterocycles. The molecule has 3 rings (SSSR count). The van der Waals surface area contributed by atoms with Crippen LogP contribution in [0.5, 0.6) is 0 Å². The van der Waals surface area contributed by atoms with Crippen molar-refractivity contribution in [3.8, 4) is 0 Å². The number of nitrogens with one attached hydrogen (secondary N) is 1. The molecule has 3 nitrogen and oxygen atoms in total. The summed E-state index contributed by atoms with van der Waals surface area (Å²) in [7, 11) is 0. The van der Waals surface area contributed by atoms with Crippen molar-refractivity contribution in [1.82, 2.24) is 15.1 Å². The molecule has 0 saturated heterocycles. The smallest absolute Gasteiger partial charge is 0.0535 e. The fourth-order valence-electron chi connectivity index (χ4n) is 2.58. The minimum atomic E-state index is 1.07. The molecule has 0 atom stereocenters. The largest absolute Gasteiger partial charge is 0.295 e. The van der Waals surface area contributed by atoms with Crippen LogP contribution in [0.4, 0.5) is 0 Å². The monoisotopic (exact) mass is 203 g/mol. The van der Waals surface area contributed by atoms with E-state index in [1.54, 1.807) is 5.57 Å². The average Bonchev–Trinajstić information content (AvgIpc) is 2.87. The van der Waals surface area contributed by atoms with E-state index in [9.17, 15) is 0 Å². The van der Waals surface area contributed by atoms with E-state index in [-0.39, 0.29) is 0 Å². The van der Waals surface area contributed by atoms with E-state index in [1.807, 2.05) is 6.20 Å². The van der Waals surface area contributed by atoms with Crippen LogP contribution in [0.25, 0.3) is 0 Å². The normalized spacial score (nSPS) is 21.5. The van der Waals surface area contributed by atoms with Crippen LogP contribution in [0.2, 0.25) is 0 Å². The Kier molecular flexibility index (Phi) is 2.33. The Labute approximate surface area is 90.2 Å². The van der Waals surface area contributed by atoms with Gasteiger partial charge in [0.25, 0.3) is 0 Å². The van der Waals surface area contributed by atoms with Gasteiger partial charge in [0.05, 0.1) is 6.20 Å². The third kappa shape index (κ3) is 1.84. The van der Waals surface area contributed by atoms with Gasteiger partial charge in [-0.2, -0.15) is 5.10 Å². The molecule has 0 aromatic carbocycles. The molecule has 15 heavy (non-hydrogen) atoms. The molecule has 3 heteroatoms. The lowest BCUT2D eigenvalue weighted by Gasteiger charge is -2.26. The molecule has 0 spiro atoms. The Morgan fingerprint density at radius 2 is 2.40 bits per heavy atom. The SMILES string of the molecule is C1=C(CN2CCc3[nH]ncc3C2)CCC1. The van der Waals surface area contributed by atoms with E-state index in [2.05, 4.69) is 21.2 Å². The number of H-pyrrole nitrogens is 1. The van der Waals surface area contributed by atoms with Gasteiger partial charge in [0.2, 0.25) is 0 Å². The van der Waals surface area contributed by atoms with E-state index in [0.29, 0.717) is 0 Å². The second kappa shape index (κ2) is 3.81. The van der Waals surface area contributed by atoms with Crippen molar-refractivity contribution in [2.45, 2.75) is 32.2 Å². The highest BCUT2D eigenvalue weighted by molar-refractivity contribution is 5.20. The van der Waals surface area contributed by atoms with Crippen LogP contribution in [-0.2, 0) is 13.0 Å². The first kappa shape index (κ1) is 9.16. The first-order valence-electron chi connectivity index (χ1n) is 5.83. The maximum absolute atomic E-state index is 4.10. The molecule has 1 aliphatic carbocycles. The summed E-state index contributed by atoms with van der Waals surface area (Å²) in [4.78, 5) is 2.54. The molecule has 0 unspecified atom stereocenters. The Morgan fingerprint density at radius 1 is 1.40 bits per heavy atom. The summed E-state index contributed by atoms with van der Waals surface area (Å²) in [6.07, 6.45) is 9.49. The molecule has 2 aliphatic rings. The standard InChI is InChI=1S/C12H17N3/c1-2-4-10(3-1)8-15-6-5-12-11(9-15)7-13-14-12/h3,7H,1-2,4-6,8-9H2,(H,13,14). The molecular formula is C12H17N3. The molecule has 80 valence electrons. The second-order valence-corrected chi connectivity index (χ2v) is 4.59. The third-order valence-electron chi connectivity index (χ3n) is 3.44. The number of allylic oxidation sites excluding steroid dienone is 1. The molecule has 0 bridgehead atoms. The number of fused-ring (bicyclic) bond motifs is 1. The summed E-state index contributed by atoms with van der Waals surface area (Å²) in [6.45, 7) is 3.42. The van der Waals surface area contributed by atoms with Gasteiger partial charge >= 0.3 is 0 Å². The van der Waals surface area contributed by atoms with E-state index >= 15 is 0 Å². The van der Waals surface area contributed by atoms with Crippen molar-refractivity contribution in [3.05, 3.63) is 29.1 Å². The zero-order valence-corrected chi connectivity index (χ0v) is 9.00. The number of aromatic amines is 1. The molecule has 1 aromatic heterocycles. The summed E-state index contributed by atoms with van der Waals surface area (Å²) < 4.78 is 0. The van der Waals surface area contributed by atoms with Crippen LogP contribution in [-0.4, -0.2) is 28.2 Å². The lowest BCUT2D eigenvalue weighted by molar-refractivity contribution is 0.273. The summed E-state index contributed by atoms with van der Waals surface area (Å²) in [6, 6.07) is 0. The maximum atomic E-state index is 4.10. The summed E-state index contributed by atoms with van der Waals surface area (Å²) in [5.41, 5.74) is 4.37. The summed E-state index contributed by atoms with van der Waals surface area (Å²) in [5.74, 6) is 0. The van der Waals surface area contributed by atoms with Gasteiger partial charge in [-0.25, -0.2) is 0 Å². The lowest BCUT2D eigenvalue weighted by atomic mass is 10.1. The van der Waals surface area contributed by atoms with E-state index < -0.39 is 0 Å². The fourth-order valence-corrected chi connectivity index (χ4v) is 2.58. The molecule has 0 fully saturated rings. The molecule has 2 heterocycles. The first-order valence-corrected chi connectivity index (χ1v) is 5.83. The number of aromatic nitrogens is 2. The van der Waals surface area contributed by atoms with E-state index in [4.69, 9.17) is 0 Å². The van der Waals surface area contributed by atoms with Crippen LogP contribution in [0, 0.1) is 0 Å². The fraction of sp³-hybridized carbons (Fsp3) is 0.583. The zero-order chi connectivity index (χ0) is 10.1. The Morgan fingerprint density at radius 3 is 3.27 bits per heavy atom. The lowest BCUT2D eigenvalue weighted by Crippen LogP contribution is -2.31. The van der Waals surface area contributed by atoms with Crippen LogP contribution in [0.15, 0.2) is 17.8 Å². The Hall–Kier alpha value is -1.09. The van der Waals surface area contributed by atoms with Crippen molar-refractivity contribution in [2.75, 3.05) is 13.1 Å². The van der Waals surface area contributed by atoms with Gasteiger partial charge in [0.1, 0.15) is 0 Å². The molecule has 1 N–H and O–H groups in total. The van der Waals surface area contributed by atoms with Crippen molar-refractivity contribution in [2.24, 2.45) is 0 Å². The Balaban J connectivity index is 1.65.